The Labute approximate surface area is 115 Å². The molecular formula is C16H12F3N. The van der Waals surface area contributed by atoms with Crippen LogP contribution in [0.25, 0.3) is 6.08 Å². The average Bonchev–Trinajstić information content (AvgIpc) is 2.44. The number of rotatable bonds is 3. The summed E-state index contributed by atoms with van der Waals surface area (Å²) in [6, 6.07) is 14.4. The summed E-state index contributed by atoms with van der Waals surface area (Å²) in [4.78, 5) is 4.19. The third-order valence-electron chi connectivity index (χ3n) is 2.59. The molecule has 0 aliphatic heterocycles. The molecule has 0 aliphatic rings. The largest absolute Gasteiger partial charge is 0.416 e. The zero-order chi connectivity index (χ0) is 14.4. The van der Waals surface area contributed by atoms with E-state index in [0.717, 1.165) is 17.8 Å². The van der Waals surface area contributed by atoms with Crippen LogP contribution in [0.15, 0.2) is 65.7 Å². The Morgan fingerprint density at radius 2 is 1.50 bits per heavy atom. The summed E-state index contributed by atoms with van der Waals surface area (Å²) in [7, 11) is 0. The van der Waals surface area contributed by atoms with Crippen molar-refractivity contribution in [3.8, 4) is 0 Å². The molecule has 0 saturated heterocycles. The molecule has 20 heavy (non-hydrogen) atoms. The molecule has 0 atom stereocenters. The van der Waals surface area contributed by atoms with Crippen LogP contribution in [-0.2, 0) is 6.18 Å². The number of alkyl halides is 3. The molecule has 0 amide bonds. The van der Waals surface area contributed by atoms with E-state index >= 15 is 0 Å². The highest BCUT2D eigenvalue weighted by Gasteiger charge is 2.29. The van der Waals surface area contributed by atoms with E-state index < -0.39 is 11.7 Å². The van der Waals surface area contributed by atoms with E-state index in [1.165, 1.54) is 12.1 Å². The van der Waals surface area contributed by atoms with Gasteiger partial charge in [-0.05, 0) is 35.9 Å². The molecular weight excluding hydrogens is 263 g/mol. The first kappa shape index (κ1) is 14.1. The van der Waals surface area contributed by atoms with E-state index in [-0.39, 0.29) is 0 Å². The molecule has 0 fully saturated rings. The van der Waals surface area contributed by atoms with Gasteiger partial charge in [-0.15, -0.1) is 0 Å². The van der Waals surface area contributed by atoms with Crippen LogP contribution in [0.1, 0.15) is 11.1 Å². The molecule has 2 aromatic rings. The zero-order valence-electron chi connectivity index (χ0n) is 10.5. The normalized spacial score (nSPS) is 12.3. The number of hydrogen-bond donors (Lipinski definition) is 0. The Morgan fingerprint density at radius 3 is 2.10 bits per heavy atom. The third-order valence-corrected chi connectivity index (χ3v) is 2.59. The van der Waals surface area contributed by atoms with Gasteiger partial charge < -0.3 is 0 Å². The molecule has 4 heteroatoms. The first-order valence-electron chi connectivity index (χ1n) is 5.99. The van der Waals surface area contributed by atoms with Crippen molar-refractivity contribution >= 4 is 18.0 Å². The van der Waals surface area contributed by atoms with Gasteiger partial charge in [0.15, 0.2) is 0 Å². The molecule has 0 saturated carbocycles. The fraction of sp³-hybridized carbons (Fsp3) is 0.0625. The molecule has 0 radical (unpaired) electrons. The number of nitrogens with zero attached hydrogens (tertiary/aromatic N) is 1. The lowest BCUT2D eigenvalue weighted by Crippen LogP contribution is -2.03. The number of hydrogen-bond acceptors (Lipinski definition) is 1. The van der Waals surface area contributed by atoms with E-state index in [0.29, 0.717) is 5.56 Å². The van der Waals surface area contributed by atoms with Crippen LogP contribution in [0.3, 0.4) is 0 Å². The number of aliphatic imine (C=N–C) groups is 1. The van der Waals surface area contributed by atoms with E-state index in [1.54, 1.807) is 18.4 Å². The molecule has 0 spiro atoms. The minimum atomic E-state index is -4.29. The molecule has 0 N–H and O–H groups in total. The zero-order valence-corrected chi connectivity index (χ0v) is 10.5. The Morgan fingerprint density at radius 1 is 0.850 bits per heavy atom. The van der Waals surface area contributed by atoms with Crippen molar-refractivity contribution in [1.29, 1.82) is 0 Å². The second-order valence-corrected chi connectivity index (χ2v) is 4.09. The average molecular weight is 275 g/mol. The lowest BCUT2D eigenvalue weighted by atomic mass is 10.1. The smallest absolute Gasteiger partial charge is 0.257 e. The molecule has 2 rings (SSSR count). The van der Waals surface area contributed by atoms with Gasteiger partial charge in [-0.2, -0.15) is 13.2 Å². The van der Waals surface area contributed by atoms with Crippen molar-refractivity contribution in [3.63, 3.8) is 0 Å². The predicted octanol–water partition coefficient (Wildman–Crippen LogP) is 5.12. The third kappa shape index (κ3) is 4.09. The fourth-order valence-corrected chi connectivity index (χ4v) is 1.58. The van der Waals surface area contributed by atoms with Crippen molar-refractivity contribution in [2.24, 2.45) is 4.99 Å². The van der Waals surface area contributed by atoms with Crippen LogP contribution in [0.2, 0.25) is 0 Å². The van der Waals surface area contributed by atoms with Crippen molar-refractivity contribution in [2.45, 2.75) is 6.18 Å². The Kier molecular flexibility index (Phi) is 4.35. The van der Waals surface area contributed by atoms with Gasteiger partial charge in [-0.25, -0.2) is 0 Å². The van der Waals surface area contributed by atoms with E-state index in [1.807, 2.05) is 30.3 Å². The lowest BCUT2D eigenvalue weighted by molar-refractivity contribution is -0.137. The van der Waals surface area contributed by atoms with Crippen molar-refractivity contribution in [2.75, 3.05) is 0 Å². The summed E-state index contributed by atoms with van der Waals surface area (Å²) < 4.78 is 37.1. The summed E-state index contributed by atoms with van der Waals surface area (Å²) in [6.45, 7) is 0. The van der Waals surface area contributed by atoms with Crippen molar-refractivity contribution < 1.29 is 13.2 Å². The first-order chi connectivity index (χ1) is 9.55. The highest BCUT2D eigenvalue weighted by Crippen LogP contribution is 2.29. The highest BCUT2D eigenvalue weighted by molar-refractivity contribution is 5.80. The number of benzene rings is 2. The van der Waals surface area contributed by atoms with Gasteiger partial charge in [0.25, 0.3) is 0 Å². The van der Waals surface area contributed by atoms with E-state index in [2.05, 4.69) is 4.99 Å². The Balaban J connectivity index is 2.00. The van der Waals surface area contributed by atoms with Gasteiger partial charge in [0.05, 0.1) is 11.3 Å². The SMILES string of the molecule is FC(F)(F)c1ccc(/C=C/C=Nc2ccccc2)cc1. The second-order valence-electron chi connectivity index (χ2n) is 4.09. The number of para-hydroxylation sites is 1. The highest BCUT2D eigenvalue weighted by atomic mass is 19.4. The van der Waals surface area contributed by atoms with Crippen LogP contribution in [0.5, 0.6) is 0 Å². The molecule has 0 aromatic heterocycles. The van der Waals surface area contributed by atoms with Crippen molar-refractivity contribution in [1.82, 2.24) is 0 Å². The Hall–Kier alpha value is -2.36. The molecule has 1 nitrogen and oxygen atoms in total. The lowest BCUT2D eigenvalue weighted by Gasteiger charge is -2.05. The van der Waals surface area contributed by atoms with Crippen LogP contribution in [0, 0.1) is 0 Å². The monoisotopic (exact) mass is 275 g/mol. The van der Waals surface area contributed by atoms with Crippen LogP contribution in [0.4, 0.5) is 18.9 Å². The minimum Gasteiger partial charge on any atom is -0.257 e. The maximum Gasteiger partial charge on any atom is 0.416 e. The molecule has 0 aliphatic carbocycles. The van der Waals surface area contributed by atoms with Crippen LogP contribution < -0.4 is 0 Å². The number of halogens is 3. The molecule has 2 aromatic carbocycles. The summed E-state index contributed by atoms with van der Waals surface area (Å²) in [5.74, 6) is 0. The molecule has 0 heterocycles. The summed E-state index contributed by atoms with van der Waals surface area (Å²) >= 11 is 0. The minimum absolute atomic E-state index is 0.646. The summed E-state index contributed by atoms with van der Waals surface area (Å²) in [6.07, 6.45) is 0.701. The van der Waals surface area contributed by atoms with Gasteiger partial charge in [0, 0.05) is 6.21 Å². The van der Waals surface area contributed by atoms with Crippen LogP contribution in [-0.4, -0.2) is 6.21 Å². The quantitative estimate of drug-likeness (QED) is 0.689. The van der Waals surface area contributed by atoms with E-state index in [9.17, 15) is 13.2 Å². The van der Waals surface area contributed by atoms with Gasteiger partial charge in [-0.3, -0.25) is 4.99 Å². The summed E-state index contributed by atoms with van der Waals surface area (Å²) in [5.41, 5.74) is 0.870. The topological polar surface area (TPSA) is 12.4 Å². The van der Waals surface area contributed by atoms with Gasteiger partial charge in [-0.1, -0.05) is 36.4 Å². The van der Waals surface area contributed by atoms with Crippen LogP contribution >= 0.6 is 0 Å². The van der Waals surface area contributed by atoms with Gasteiger partial charge in [0.1, 0.15) is 0 Å². The summed E-state index contributed by atoms with van der Waals surface area (Å²) in [5, 5.41) is 0. The second kappa shape index (κ2) is 6.19. The Bertz CT molecular complexity index is 596. The number of allylic oxidation sites excluding steroid dienone is 1. The van der Waals surface area contributed by atoms with Gasteiger partial charge in [0.2, 0.25) is 0 Å². The first-order valence-corrected chi connectivity index (χ1v) is 5.99. The molecule has 0 bridgehead atoms. The predicted molar refractivity (Wildman–Crippen MR) is 75.1 cm³/mol. The molecule has 0 unspecified atom stereocenters. The maximum atomic E-state index is 12.4. The van der Waals surface area contributed by atoms with Crippen molar-refractivity contribution in [3.05, 3.63) is 71.8 Å². The van der Waals surface area contributed by atoms with Gasteiger partial charge >= 0.3 is 6.18 Å². The molecule has 102 valence electrons. The van der Waals surface area contributed by atoms with E-state index in [4.69, 9.17) is 0 Å². The fourth-order valence-electron chi connectivity index (χ4n) is 1.58. The standard InChI is InChI=1S/C16H12F3N/c17-16(18,19)14-10-8-13(9-11-14)5-4-12-20-15-6-2-1-3-7-15/h1-12H/b5-4+,20-12?. The maximum absolute atomic E-state index is 12.4.